The highest BCUT2D eigenvalue weighted by Crippen LogP contribution is 2.20. The first kappa shape index (κ1) is 8.32. The molecule has 2 heterocycles. The molecule has 13 heavy (non-hydrogen) atoms. The summed E-state index contributed by atoms with van der Waals surface area (Å²) in [6.07, 6.45) is 3.27. The zero-order valence-electron chi connectivity index (χ0n) is 7.12. The molecule has 2 rings (SSSR count). The van der Waals surface area contributed by atoms with Gasteiger partial charge in [-0.05, 0) is 30.7 Å². The molecule has 2 aromatic rings. The van der Waals surface area contributed by atoms with Gasteiger partial charge in [-0.2, -0.15) is 0 Å². The van der Waals surface area contributed by atoms with Crippen LogP contribution in [-0.2, 0) is 0 Å². The summed E-state index contributed by atoms with van der Waals surface area (Å²) >= 11 is 5.83. The number of pyridine rings is 1. The Labute approximate surface area is 81.2 Å². The van der Waals surface area contributed by atoms with Crippen LogP contribution in [0.3, 0.4) is 0 Å². The van der Waals surface area contributed by atoms with Gasteiger partial charge in [-0.3, -0.25) is 0 Å². The van der Waals surface area contributed by atoms with E-state index in [0.717, 1.165) is 16.8 Å². The van der Waals surface area contributed by atoms with Gasteiger partial charge >= 0.3 is 0 Å². The lowest BCUT2D eigenvalue weighted by atomic mass is 10.2. The SMILES string of the molecule is Cc1cc(Cl)nc(-c2ccoc2)c1. The van der Waals surface area contributed by atoms with Crippen molar-refractivity contribution >= 4 is 11.6 Å². The van der Waals surface area contributed by atoms with Gasteiger partial charge in [-0.15, -0.1) is 0 Å². The van der Waals surface area contributed by atoms with Crippen LogP contribution < -0.4 is 0 Å². The van der Waals surface area contributed by atoms with Gasteiger partial charge < -0.3 is 4.42 Å². The Morgan fingerprint density at radius 2 is 2.23 bits per heavy atom. The van der Waals surface area contributed by atoms with E-state index in [0.29, 0.717) is 5.15 Å². The maximum Gasteiger partial charge on any atom is 0.130 e. The standard InChI is InChI=1S/C10H8ClNO/c1-7-4-9(12-10(11)5-7)8-2-3-13-6-8/h2-6H,1H3. The van der Waals surface area contributed by atoms with Crippen LogP contribution in [0.25, 0.3) is 11.3 Å². The fourth-order valence-electron chi connectivity index (χ4n) is 1.18. The van der Waals surface area contributed by atoms with E-state index in [-0.39, 0.29) is 0 Å². The zero-order valence-corrected chi connectivity index (χ0v) is 7.88. The van der Waals surface area contributed by atoms with E-state index in [9.17, 15) is 0 Å². The normalized spacial score (nSPS) is 10.3. The van der Waals surface area contributed by atoms with Crippen molar-refractivity contribution in [3.05, 3.63) is 41.4 Å². The molecule has 2 nitrogen and oxygen atoms in total. The first-order chi connectivity index (χ1) is 6.25. The first-order valence-electron chi connectivity index (χ1n) is 3.92. The summed E-state index contributed by atoms with van der Waals surface area (Å²) in [7, 11) is 0. The number of furan rings is 1. The third-order valence-corrected chi connectivity index (χ3v) is 1.95. The van der Waals surface area contributed by atoms with Crippen molar-refractivity contribution in [1.29, 1.82) is 0 Å². The molecule has 0 aliphatic heterocycles. The Hall–Kier alpha value is -1.28. The van der Waals surface area contributed by atoms with Crippen molar-refractivity contribution in [2.24, 2.45) is 0 Å². The molecular weight excluding hydrogens is 186 g/mol. The molecule has 66 valence electrons. The highest BCUT2D eigenvalue weighted by atomic mass is 35.5. The number of aromatic nitrogens is 1. The molecule has 0 spiro atoms. The first-order valence-corrected chi connectivity index (χ1v) is 4.30. The Morgan fingerprint density at radius 1 is 1.38 bits per heavy atom. The van der Waals surface area contributed by atoms with Crippen LogP contribution in [-0.4, -0.2) is 4.98 Å². The number of nitrogens with zero attached hydrogens (tertiary/aromatic N) is 1. The Balaban J connectivity index is 2.53. The van der Waals surface area contributed by atoms with Gasteiger partial charge in [0.2, 0.25) is 0 Å². The molecule has 0 aromatic carbocycles. The van der Waals surface area contributed by atoms with Crippen LogP contribution in [0.2, 0.25) is 5.15 Å². The van der Waals surface area contributed by atoms with E-state index < -0.39 is 0 Å². The lowest BCUT2D eigenvalue weighted by Gasteiger charge is -1.99. The van der Waals surface area contributed by atoms with E-state index in [2.05, 4.69) is 4.98 Å². The minimum Gasteiger partial charge on any atom is -0.472 e. The quantitative estimate of drug-likeness (QED) is 0.650. The summed E-state index contributed by atoms with van der Waals surface area (Å²) in [6.45, 7) is 1.98. The smallest absolute Gasteiger partial charge is 0.130 e. The summed E-state index contributed by atoms with van der Waals surface area (Å²) in [6, 6.07) is 5.65. The molecule has 0 atom stereocenters. The molecule has 0 saturated carbocycles. The van der Waals surface area contributed by atoms with Crippen molar-refractivity contribution in [2.75, 3.05) is 0 Å². The van der Waals surface area contributed by atoms with Crippen LogP contribution in [0.4, 0.5) is 0 Å². The molecule has 0 fully saturated rings. The average molecular weight is 194 g/mol. The molecule has 0 aliphatic carbocycles. The van der Waals surface area contributed by atoms with E-state index >= 15 is 0 Å². The summed E-state index contributed by atoms with van der Waals surface area (Å²) in [5, 5.41) is 0.510. The topological polar surface area (TPSA) is 26.0 Å². The number of hydrogen-bond donors (Lipinski definition) is 0. The molecule has 3 heteroatoms. The second kappa shape index (κ2) is 3.23. The molecule has 0 aliphatic rings. The van der Waals surface area contributed by atoms with E-state index in [1.807, 2.05) is 25.1 Å². The third-order valence-electron chi connectivity index (χ3n) is 1.76. The highest BCUT2D eigenvalue weighted by molar-refractivity contribution is 6.29. The summed E-state index contributed by atoms with van der Waals surface area (Å²) < 4.78 is 4.97. The largest absolute Gasteiger partial charge is 0.472 e. The van der Waals surface area contributed by atoms with Gasteiger partial charge in [-0.1, -0.05) is 11.6 Å². The molecule has 2 aromatic heterocycles. The number of halogens is 1. The van der Waals surface area contributed by atoms with Crippen molar-refractivity contribution in [3.63, 3.8) is 0 Å². The van der Waals surface area contributed by atoms with Gasteiger partial charge in [0.15, 0.2) is 0 Å². The van der Waals surface area contributed by atoms with Crippen LogP contribution >= 0.6 is 11.6 Å². The van der Waals surface area contributed by atoms with Crippen LogP contribution in [0.1, 0.15) is 5.56 Å². The Morgan fingerprint density at radius 3 is 2.85 bits per heavy atom. The van der Waals surface area contributed by atoms with Crippen LogP contribution in [0.15, 0.2) is 35.1 Å². The minimum absolute atomic E-state index is 0.510. The zero-order chi connectivity index (χ0) is 9.26. The van der Waals surface area contributed by atoms with Crippen molar-refractivity contribution in [3.8, 4) is 11.3 Å². The maximum atomic E-state index is 5.83. The lowest BCUT2D eigenvalue weighted by molar-refractivity contribution is 0.568. The van der Waals surface area contributed by atoms with E-state index in [1.165, 1.54) is 0 Å². The highest BCUT2D eigenvalue weighted by Gasteiger charge is 2.02. The molecule has 0 amide bonds. The van der Waals surface area contributed by atoms with E-state index in [1.54, 1.807) is 12.5 Å². The second-order valence-electron chi connectivity index (χ2n) is 2.86. The molecule has 0 saturated heterocycles. The number of aryl methyl sites for hydroxylation is 1. The lowest BCUT2D eigenvalue weighted by Crippen LogP contribution is -1.83. The predicted molar refractivity (Wildman–Crippen MR) is 51.7 cm³/mol. The Kier molecular flexibility index (Phi) is 2.07. The fourth-order valence-corrected chi connectivity index (χ4v) is 1.45. The second-order valence-corrected chi connectivity index (χ2v) is 3.25. The summed E-state index contributed by atoms with van der Waals surface area (Å²) in [4.78, 5) is 4.18. The van der Waals surface area contributed by atoms with Crippen LogP contribution in [0.5, 0.6) is 0 Å². The number of rotatable bonds is 1. The van der Waals surface area contributed by atoms with Gasteiger partial charge in [0.05, 0.1) is 18.2 Å². The van der Waals surface area contributed by atoms with Gasteiger partial charge in [0.25, 0.3) is 0 Å². The van der Waals surface area contributed by atoms with Gasteiger partial charge in [-0.25, -0.2) is 4.98 Å². The summed E-state index contributed by atoms with van der Waals surface area (Å²) in [5.41, 5.74) is 2.89. The van der Waals surface area contributed by atoms with Gasteiger partial charge in [0.1, 0.15) is 5.15 Å². The molecule has 0 unspecified atom stereocenters. The van der Waals surface area contributed by atoms with Crippen molar-refractivity contribution in [1.82, 2.24) is 4.98 Å². The minimum atomic E-state index is 0.510. The van der Waals surface area contributed by atoms with E-state index in [4.69, 9.17) is 16.0 Å². The fraction of sp³-hybridized carbons (Fsp3) is 0.100. The Bertz CT molecular complexity index is 389. The predicted octanol–water partition coefficient (Wildman–Crippen LogP) is 3.30. The number of hydrogen-bond acceptors (Lipinski definition) is 2. The molecule has 0 radical (unpaired) electrons. The summed E-state index contributed by atoms with van der Waals surface area (Å²) in [5.74, 6) is 0. The molecule has 0 N–H and O–H groups in total. The molecule has 0 bridgehead atoms. The maximum absolute atomic E-state index is 5.83. The monoisotopic (exact) mass is 193 g/mol. The van der Waals surface area contributed by atoms with Gasteiger partial charge in [0, 0.05) is 5.56 Å². The molecular formula is C10H8ClNO. The average Bonchev–Trinajstić information content (AvgIpc) is 2.53. The van der Waals surface area contributed by atoms with Crippen molar-refractivity contribution < 1.29 is 4.42 Å². The third kappa shape index (κ3) is 1.73. The van der Waals surface area contributed by atoms with Crippen molar-refractivity contribution in [2.45, 2.75) is 6.92 Å². The van der Waals surface area contributed by atoms with Crippen LogP contribution in [0, 0.1) is 6.92 Å².